The van der Waals surface area contributed by atoms with Gasteiger partial charge in [-0.2, -0.15) is 0 Å². The highest BCUT2D eigenvalue weighted by Gasteiger charge is 2.28. The first-order valence-electron chi connectivity index (χ1n) is 7.96. The minimum atomic E-state index is -1.41. The van der Waals surface area contributed by atoms with Crippen molar-refractivity contribution in [2.75, 3.05) is 11.9 Å². The normalized spacial score (nSPS) is 15.9. The van der Waals surface area contributed by atoms with Crippen LogP contribution in [0.2, 0.25) is 0 Å². The lowest BCUT2D eigenvalue weighted by atomic mass is 9.99. The van der Waals surface area contributed by atoms with Crippen molar-refractivity contribution in [3.05, 3.63) is 52.7 Å². The largest absolute Gasteiger partial charge is 0.463 e. The maximum Gasteiger partial charge on any atom is 0.254 e. The van der Waals surface area contributed by atoms with Crippen molar-refractivity contribution in [3.63, 3.8) is 0 Å². The summed E-state index contributed by atoms with van der Waals surface area (Å²) in [7, 11) is 0. The Morgan fingerprint density at radius 2 is 2.16 bits per heavy atom. The SMILES string of the molecule is Cc1ccc(C(C)(O)CNC(=O)c2cc3c(cc2F)NC(=O)CC3)o1. The lowest BCUT2D eigenvalue weighted by Crippen LogP contribution is -2.38. The second-order valence-electron chi connectivity index (χ2n) is 6.40. The number of benzene rings is 1. The summed E-state index contributed by atoms with van der Waals surface area (Å²) in [4.78, 5) is 23.7. The summed E-state index contributed by atoms with van der Waals surface area (Å²) in [6.07, 6.45) is 0.747. The number of furan rings is 1. The average molecular weight is 346 g/mol. The number of carbonyl (C=O) groups excluding carboxylic acids is 2. The molecule has 25 heavy (non-hydrogen) atoms. The first-order chi connectivity index (χ1) is 11.8. The van der Waals surface area contributed by atoms with Crippen LogP contribution in [0.3, 0.4) is 0 Å². The number of amides is 2. The summed E-state index contributed by atoms with van der Waals surface area (Å²) in [5.74, 6) is -0.579. The van der Waals surface area contributed by atoms with E-state index in [1.807, 2.05) is 0 Å². The van der Waals surface area contributed by atoms with Gasteiger partial charge in [0.1, 0.15) is 22.9 Å². The number of nitrogens with one attached hydrogen (secondary N) is 2. The van der Waals surface area contributed by atoms with Gasteiger partial charge in [-0.3, -0.25) is 9.59 Å². The van der Waals surface area contributed by atoms with E-state index < -0.39 is 17.3 Å². The molecule has 1 aliphatic rings. The molecule has 0 spiro atoms. The number of rotatable bonds is 4. The van der Waals surface area contributed by atoms with Crippen LogP contribution in [0.5, 0.6) is 0 Å². The van der Waals surface area contributed by atoms with Gasteiger partial charge in [0.2, 0.25) is 5.91 Å². The maximum atomic E-state index is 14.2. The van der Waals surface area contributed by atoms with Crippen molar-refractivity contribution in [3.8, 4) is 0 Å². The van der Waals surface area contributed by atoms with E-state index in [0.717, 1.165) is 6.07 Å². The fraction of sp³-hybridized carbons (Fsp3) is 0.333. The van der Waals surface area contributed by atoms with Crippen molar-refractivity contribution in [2.45, 2.75) is 32.3 Å². The van der Waals surface area contributed by atoms with E-state index in [1.165, 1.54) is 13.0 Å². The van der Waals surface area contributed by atoms with E-state index in [2.05, 4.69) is 10.6 Å². The quantitative estimate of drug-likeness (QED) is 0.792. The number of carbonyl (C=O) groups is 2. The van der Waals surface area contributed by atoms with Crippen LogP contribution in [0.4, 0.5) is 10.1 Å². The highest BCUT2D eigenvalue weighted by atomic mass is 19.1. The predicted molar refractivity (Wildman–Crippen MR) is 88.7 cm³/mol. The summed E-state index contributed by atoms with van der Waals surface area (Å²) >= 11 is 0. The molecule has 7 heteroatoms. The zero-order chi connectivity index (χ0) is 18.2. The Balaban J connectivity index is 1.74. The molecule has 3 rings (SSSR count). The number of halogens is 1. The van der Waals surface area contributed by atoms with Crippen LogP contribution in [-0.2, 0) is 16.8 Å². The van der Waals surface area contributed by atoms with E-state index in [-0.39, 0.29) is 18.0 Å². The van der Waals surface area contributed by atoms with E-state index in [4.69, 9.17) is 4.42 Å². The molecular weight excluding hydrogens is 327 g/mol. The first kappa shape index (κ1) is 17.2. The van der Waals surface area contributed by atoms with Crippen LogP contribution in [0.1, 0.15) is 40.8 Å². The Labute approximate surface area is 144 Å². The highest BCUT2D eigenvalue weighted by Crippen LogP contribution is 2.26. The zero-order valence-corrected chi connectivity index (χ0v) is 14.0. The molecule has 0 aliphatic carbocycles. The first-order valence-corrected chi connectivity index (χ1v) is 7.96. The molecule has 0 saturated heterocycles. The van der Waals surface area contributed by atoms with Gasteiger partial charge >= 0.3 is 0 Å². The molecule has 2 aromatic rings. The summed E-state index contributed by atoms with van der Waals surface area (Å²) in [6, 6.07) is 5.92. The van der Waals surface area contributed by atoms with Gasteiger partial charge in [-0.1, -0.05) is 0 Å². The van der Waals surface area contributed by atoms with Gasteiger partial charge < -0.3 is 20.2 Å². The molecule has 1 aromatic carbocycles. The van der Waals surface area contributed by atoms with Crippen LogP contribution < -0.4 is 10.6 Å². The van der Waals surface area contributed by atoms with Gasteiger partial charge in [0, 0.05) is 12.1 Å². The summed E-state index contributed by atoms with van der Waals surface area (Å²) in [6.45, 7) is 3.12. The summed E-state index contributed by atoms with van der Waals surface area (Å²) in [5.41, 5.74) is -0.438. The molecule has 2 heterocycles. The van der Waals surface area contributed by atoms with Gasteiger partial charge in [0.15, 0.2) is 0 Å². The molecule has 6 nitrogen and oxygen atoms in total. The Morgan fingerprint density at radius 1 is 1.40 bits per heavy atom. The molecule has 2 amide bonds. The van der Waals surface area contributed by atoms with Crippen LogP contribution >= 0.6 is 0 Å². The molecule has 132 valence electrons. The number of aryl methyl sites for hydroxylation is 2. The van der Waals surface area contributed by atoms with Crippen LogP contribution in [0.25, 0.3) is 0 Å². The summed E-state index contributed by atoms with van der Waals surface area (Å²) in [5, 5.41) is 15.5. The van der Waals surface area contributed by atoms with Gasteiger partial charge in [0.25, 0.3) is 5.91 Å². The smallest absolute Gasteiger partial charge is 0.254 e. The van der Waals surface area contributed by atoms with E-state index in [1.54, 1.807) is 19.1 Å². The van der Waals surface area contributed by atoms with Gasteiger partial charge in [-0.05, 0) is 50.1 Å². The molecule has 1 atom stereocenters. The van der Waals surface area contributed by atoms with Crippen LogP contribution in [-0.4, -0.2) is 23.5 Å². The van der Waals surface area contributed by atoms with Gasteiger partial charge in [-0.15, -0.1) is 0 Å². The standard InChI is InChI=1S/C18H19FN2O4/c1-10-3-5-15(25-10)18(2,24)9-20-17(23)12-7-11-4-6-16(22)21-14(11)8-13(12)19/h3,5,7-8,24H,4,6,9H2,1-2H3,(H,20,23)(H,21,22). The van der Waals surface area contributed by atoms with Crippen molar-refractivity contribution in [1.82, 2.24) is 5.32 Å². The van der Waals surface area contributed by atoms with E-state index >= 15 is 0 Å². The molecule has 1 unspecified atom stereocenters. The van der Waals surface area contributed by atoms with Crippen molar-refractivity contribution < 1.29 is 23.5 Å². The topological polar surface area (TPSA) is 91.6 Å². The number of fused-ring (bicyclic) bond motifs is 1. The van der Waals surface area contributed by atoms with Gasteiger partial charge in [-0.25, -0.2) is 4.39 Å². The van der Waals surface area contributed by atoms with Gasteiger partial charge in [0.05, 0.1) is 12.1 Å². The Kier molecular flexibility index (Phi) is 4.34. The molecule has 0 bridgehead atoms. The molecule has 0 saturated carbocycles. The predicted octanol–water partition coefficient (Wildman–Crippen LogP) is 2.25. The van der Waals surface area contributed by atoms with Crippen molar-refractivity contribution >= 4 is 17.5 Å². The average Bonchev–Trinajstić information content (AvgIpc) is 2.99. The molecular formula is C18H19FN2O4. The number of anilines is 1. The van der Waals surface area contributed by atoms with Crippen LogP contribution in [0, 0.1) is 12.7 Å². The van der Waals surface area contributed by atoms with E-state index in [0.29, 0.717) is 35.6 Å². The highest BCUT2D eigenvalue weighted by molar-refractivity contribution is 5.98. The second kappa shape index (κ2) is 6.33. The number of aliphatic hydroxyl groups is 1. The third-order valence-corrected chi connectivity index (χ3v) is 4.20. The van der Waals surface area contributed by atoms with Crippen molar-refractivity contribution in [1.29, 1.82) is 0 Å². The molecule has 0 fully saturated rings. The minimum Gasteiger partial charge on any atom is -0.463 e. The third kappa shape index (κ3) is 3.56. The third-order valence-electron chi connectivity index (χ3n) is 4.20. The molecule has 1 aliphatic heterocycles. The summed E-state index contributed by atoms with van der Waals surface area (Å²) < 4.78 is 19.6. The minimum absolute atomic E-state index is 0.124. The van der Waals surface area contributed by atoms with E-state index in [9.17, 15) is 19.1 Å². The van der Waals surface area contributed by atoms with Crippen LogP contribution in [0.15, 0.2) is 28.7 Å². The molecule has 0 radical (unpaired) electrons. The molecule has 1 aromatic heterocycles. The monoisotopic (exact) mass is 346 g/mol. The molecule has 3 N–H and O–H groups in total. The second-order valence-corrected chi connectivity index (χ2v) is 6.40. The number of hydrogen-bond donors (Lipinski definition) is 3. The Morgan fingerprint density at radius 3 is 2.84 bits per heavy atom. The fourth-order valence-electron chi connectivity index (χ4n) is 2.73. The lowest BCUT2D eigenvalue weighted by molar-refractivity contribution is -0.116. The van der Waals surface area contributed by atoms with Crippen molar-refractivity contribution in [2.24, 2.45) is 0 Å². The Hall–Kier alpha value is -2.67. The Bertz CT molecular complexity index is 842. The zero-order valence-electron chi connectivity index (χ0n) is 14.0. The lowest BCUT2D eigenvalue weighted by Gasteiger charge is -2.22. The fourth-order valence-corrected chi connectivity index (χ4v) is 2.73. The maximum absolute atomic E-state index is 14.2. The number of hydrogen-bond acceptors (Lipinski definition) is 4.